The van der Waals surface area contributed by atoms with Crippen molar-refractivity contribution in [1.29, 1.82) is 0 Å². The monoisotopic (exact) mass is 222 g/mol. The second kappa shape index (κ2) is 5.85. The molecule has 1 aromatic rings. The van der Waals surface area contributed by atoms with Crippen LogP contribution in [0, 0.1) is 0 Å². The van der Waals surface area contributed by atoms with E-state index in [0.717, 1.165) is 0 Å². The van der Waals surface area contributed by atoms with Gasteiger partial charge in [0.25, 0.3) is 0 Å². The third-order valence-corrected chi connectivity index (χ3v) is 1.97. The number of aromatic nitrogens is 2. The summed E-state index contributed by atoms with van der Waals surface area (Å²) in [5, 5.41) is 0. The molecule has 5 nitrogen and oxygen atoms in total. The lowest BCUT2D eigenvalue weighted by Crippen LogP contribution is -1.99. The van der Waals surface area contributed by atoms with Crippen molar-refractivity contribution >= 4 is 17.8 Å². The summed E-state index contributed by atoms with van der Waals surface area (Å²) in [5.41, 5.74) is 0.661. The van der Waals surface area contributed by atoms with E-state index in [1.807, 2.05) is 0 Å². The second-order valence-electron chi connectivity index (χ2n) is 3.34. The number of rotatable bonds is 5. The highest BCUT2D eigenvalue weighted by Crippen LogP contribution is 2.00. The smallest absolute Gasteiger partial charge is 0.330 e. The van der Waals surface area contributed by atoms with Crippen molar-refractivity contribution in [3.05, 3.63) is 24.3 Å². The highest BCUT2D eigenvalue weighted by molar-refractivity contribution is 5.86. The minimum absolute atomic E-state index is 0.139. The Morgan fingerprint density at radius 1 is 1.56 bits per heavy atom. The highest BCUT2D eigenvalue weighted by atomic mass is 16.5. The molecule has 1 heterocycles. The maximum absolute atomic E-state index is 10.8. The van der Waals surface area contributed by atoms with Gasteiger partial charge in [0.15, 0.2) is 0 Å². The van der Waals surface area contributed by atoms with Gasteiger partial charge in [0, 0.05) is 25.2 Å². The van der Waals surface area contributed by atoms with Gasteiger partial charge in [-0.25, -0.2) is 9.78 Å². The average Bonchev–Trinajstić information content (AvgIpc) is 2.71. The van der Waals surface area contributed by atoms with E-state index < -0.39 is 5.97 Å². The molecule has 0 aliphatic carbocycles. The molecule has 1 aromatic heterocycles. The zero-order valence-electron chi connectivity index (χ0n) is 9.34. The number of hydrogen-bond acceptors (Lipinski definition) is 4. The highest BCUT2D eigenvalue weighted by Gasteiger charge is 1.98. The van der Waals surface area contributed by atoms with Crippen molar-refractivity contribution in [2.75, 3.05) is 7.11 Å². The SMILES string of the molecule is COC(=O)/C=C/c1cn(CCC(C)=O)cn1. The summed E-state index contributed by atoms with van der Waals surface area (Å²) in [6.45, 7) is 2.16. The molecular formula is C11H14N2O3. The largest absolute Gasteiger partial charge is 0.466 e. The predicted molar refractivity (Wildman–Crippen MR) is 58.6 cm³/mol. The van der Waals surface area contributed by atoms with Crippen LogP contribution in [0.1, 0.15) is 19.0 Å². The molecule has 0 N–H and O–H groups in total. The molecule has 0 spiro atoms. The van der Waals surface area contributed by atoms with Gasteiger partial charge in [-0.05, 0) is 13.0 Å². The summed E-state index contributed by atoms with van der Waals surface area (Å²) in [5.74, 6) is -0.279. The summed E-state index contributed by atoms with van der Waals surface area (Å²) in [6, 6.07) is 0. The van der Waals surface area contributed by atoms with Crippen LogP contribution in [0.4, 0.5) is 0 Å². The summed E-state index contributed by atoms with van der Waals surface area (Å²) in [6.07, 6.45) is 6.74. The molecule has 16 heavy (non-hydrogen) atoms. The van der Waals surface area contributed by atoms with E-state index in [2.05, 4.69) is 9.72 Å². The van der Waals surface area contributed by atoms with Gasteiger partial charge >= 0.3 is 5.97 Å². The van der Waals surface area contributed by atoms with Gasteiger partial charge in [-0.2, -0.15) is 0 Å². The van der Waals surface area contributed by atoms with Crippen LogP contribution < -0.4 is 0 Å². The van der Waals surface area contributed by atoms with Gasteiger partial charge in [-0.3, -0.25) is 4.79 Å². The van der Waals surface area contributed by atoms with Crippen molar-refractivity contribution in [3.8, 4) is 0 Å². The van der Waals surface area contributed by atoms with E-state index in [4.69, 9.17) is 0 Å². The fourth-order valence-electron chi connectivity index (χ4n) is 1.09. The Morgan fingerprint density at radius 2 is 2.31 bits per heavy atom. The fourth-order valence-corrected chi connectivity index (χ4v) is 1.09. The lowest BCUT2D eigenvalue weighted by atomic mass is 10.3. The quantitative estimate of drug-likeness (QED) is 0.552. The molecule has 0 unspecified atom stereocenters. The maximum Gasteiger partial charge on any atom is 0.330 e. The Balaban J connectivity index is 2.54. The number of imidazole rings is 1. The zero-order chi connectivity index (χ0) is 12.0. The number of aryl methyl sites for hydroxylation is 1. The summed E-state index contributed by atoms with van der Waals surface area (Å²) in [7, 11) is 1.32. The molecule has 86 valence electrons. The van der Waals surface area contributed by atoms with E-state index in [9.17, 15) is 9.59 Å². The van der Waals surface area contributed by atoms with Crippen LogP contribution in [0.25, 0.3) is 6.08 Å². The predicted octanol–water partition coefficient (Wildman–Crippen LogP) is 1.05. The molecule has 0 radical (unpaired) electrons. The lowest BCUT2D eigenvalue weighted by molar-refractivity contribution is -0.134. The summed E-state index contributed by atoms with van der Waals surface area (Å²) in [4.78, 5) is 25.6. The topological polar surface area (TPSA) is 61.2 Å². The average molecular weight is 222 g/mol. The third-order valence-electron chi connectivity index (χ3n) is 1.97. The van der Waals surface area contributed by atoms with Gasteiger partial charge in [0.2, 0.25) is 0 Å². The molecule has 0 aliphatic heterocycles. The fraction of sp³-hybridized carbons (Fsp3) is 0.364. The van der Waals surface area contributed by atoms with Crippen LogP contribution in [-0.4, -0.2) is 28.4 Å². The molecule has 0 bridgehead atoms. The Morgan fingerprint density at radius 3 is 2.94 bits per heavy atom. The van der Waals surface area contributed by atoms with E-state index in [1.54, 1.807) is 30.1 Å². The van der Waals surface area contributed by atoms with Crippen molar-refractivity contribution in [2.24, 2.45) is 0 Å². The van der Waals surface area contributed by atoms with E-state index in [1.165, 1.54) is 13.2 Å². The number of ether oxygens (including phenoxy) is 1. The van der Waals surface area contributed by atoms with Crippen LogP contribution in [0.2, 0.25) is 0 Å². The van der Waals surface area contributed by atoms with Gasteiger partial charge < -0.3 is 9.30 Å². The van der Waals surface area contributed by atoms with E-state index >= 15 is 0 Å². The number of carbonyl (C=O) groups is 2. The molecule has 1 rings (SSSR count). The first-order valence-corrected chi connectivity index (χ1v) is 4.89. The normalized spacial score (nSPS) is 10.6. The van der Waals surface area contributed by atoms with Crippen LogP contribution in [0.5, 0.6) is 0 Å². The molecule has 0 atom stereocenters. The Labute approximate surface area is 93.7 Å². The number of hydrogen-bond donors (Lipinski definition) is 0. The summed E-state index contributed by atoms with van der Waals surface area (Å²) < 4.78 is 6.26. The van der Waals surface area contributed by atoms with Crippen LogP contribution in [-0.2, 0) is 20.9 Å². The van der Waals surface area contributed by atoms with Crippen molar-refractivity contribution in [2.45, 2.75) is 19.9 Å². The summed E-state index contributed by atoms with van der Waals surface area (Å²) >= 11 is 0. The molecule has 0 amide bonds. The van der Waals surface area contributed by atoms with Crippen molar-refractivity contribution in [1.82, 2.24) is 9.55 Å². The van der Waals surface area contributed by atoms with Gasteiger partial charge in [-0.15, -0.1) is 0 Å². The first kappa shape index (κ1) is 12.2. The molecule has 5 heteroatoms. The Hall–Kier alpha value is -1.91. The van der Waals surface area contributed by atoms with Gasteiger partial charge in [0.1, 0.15) is 5.78 Å². The first-order chi connectivity index (χ1) is 7.61. The number of esters is 1. The Kier molecular flexibility index (Phi) is 4.44. The van der Waals surface area contributed by atoms with Crippen molar-refractivity contribution < 1.29 is 14.3 Å². The minimum atomic E-state index is -0.418. The van der Waals surface area contributed by atoms with Gasteiger partial charge in [-0.1, -0.05) is 0 Å². The Bertz CT molecular complexity index is 407. The second-order valence-corrected chi connectivity index (χ2v) is 3.34. The van der Waals surface area contributed by atoms with Gasteiger partial charge in [0.05, 0.1) is 19.1 Å². The number of ketones is 1. The van der Waals surface area contributed by atoms with Crippen LogP contribution in [0.3, 0.4) is 0 Å². The number of methoxy groups -OCH3 is 1. The number of Topliss-reactive ketones (excluding diaryl/α,β-unsaturated/α-hetero) is 1. The van der Waals surface area contributed by atoms with Crippen LogP contribution >= 0.6 is 0 Å². The molecule has 0 fully saturated rings. The molecule has 0 saturated carbocycles. The number of nitrogens with zero attached hydrogens (tertiary/aromatic N) is 2. The minimum Gasteiger partial charge on any atom is -0.466 e. The zero-order valence-corrected chi connectivity index (χ0v) is 9.34. The molecular weight excluding hydrogens is 208 g/mol. The van der Waals surface area contributed by atoms with Crippen molar-refractivity contribution in [3.63, 3.8) is 0 Å². The standard InChI is InChI=1S/C11H14N2O3/c1-9(14)5-6-13-7-10(12-8-13)3-4-11(15)16-2/h3-4,7-8H,5-6H2,1-2H3/b4-3+. The molecule has 0 aromatic carbocycles. The molecule has 0 aliphatic rings. The van der Waals surface area contributed by atoms with E-state index in [0.29, 0.717) is 18.7 Å². The molecule has 0 saturated heterocycles. The number of carbonyl (C=O) groups excluding carboxylic acids is 2. The third kappa shape index (κ3) is 4.08. The first-order valence-electron chi connectivity index (χ1n) is 4.89. The maximum atomic E-state index is 10.8. The van der Waals surface area contributed by atoms with E-state index in [-0.39, 0.29) is 5.78 Å². The lowest BCUT2D eigenvalue weighted by Gasteiger charge is -1.96. The van der Waals surface area contributed by atoms with Crippen LogP contribution in [0.15, 0.2) is 18.6 Å².